The zero-order valence-electron chi connectivity index (χ0n) is 13.3. The zero-order chi connectivity index (χ0) is 17.4. The molecule has 0 bridgehead atoms. The fraction of sp³-hybridized carbons (Fsp3) is 0.105. The smallest absolute Gasteiger partial charge is 0.140 e. The van der Waals surface area contributed by atoms with Crippen LogP contribution in [0.2, 0.25) is 10.0 Å². The minimum absolute atomic E-state index is 0.525. The Labute approximate surface area is 155 Å². The average Bonchev–Trinajstić information content (AvgIpc) is 2.93. The van der Waals surface area contributed by atoms with E-state index < -0.39 is 0 Å². The van der Waals surface area contributed by atoms with Gasteiger partial charge in [-0.2, -0.15) is 0 Å². The van der Waals surface area contributed by atoms with Gasteiger partial charge in [-0.15, -0.1) is 0 Å². The summed E-state index contributed by atoms with van der Waals surface area (Å²) in [4.78, 5) is 4.53. The van der Waals surface area contributed by atoms with Crippen LogP contribution in [0.25, 0.3) is 21.9 Å². The number of fused-ring (bicyclic) bond motifs is 3. The minimum atomic E-state index is 0.525. The predicted octanol–water partition coefficient (Wildman–Crippen LogP) is 5.20. The Bertz CT molecular complexity index is 1070. The van der Waals surface area contributed by atoms with Gasteiger partial charge < -0.3 is 15.6 Å². The molecule has 0 aliphatic carbocycles. The van der Waals surface area contributed by atoms with Crippen LogP contribution < -0.4 is 11.1 Å². The Morgan fingerprint density at radius 3 is 2.56 bits per heavy atom. The lowest BCUT2D eigenvalue weighted by Gasteiger charge is -2.09. The monoisotopic (exact) mass is 370 g/mol. The largest absolute Gasteiger partial charge is 0.355 e. The van der Waals surface area contributed by atoms with E-state index in [4.69, 9.17) is 28.9 Å². The lowest BCUT2D eigenvalue weighted by atomic mass is 10.1. The standard InChI is InChI=1S/C19H16Cl2N4/c20-16-5-3-13(11-17(16)21)24-12-4-6-18-15(10-12)14-2-1-8-23-19(14)25(18)9-7-22/h1-6,8,10-11,24H,7,9,22H2. The van der Waals surface area contributed by atoms with E-state index in [2.05, 4.69) is 33.1 Å². The first-order chi connectivity index (χ1) is 12.2. The van der Waals surface area contributed by atoms with Crippen LogP contribution in [-0.2, 0) is 6.54 Å². The number of aromatic nitrogens is 2. The number of nitrogens with two attached hydrogens (primary N) is 1. The maximum atomic E-state index is 6.10. The van der Waals surface area contributed by atoms with E-state index in [1.807, 2.05) is 30.5 Å². The zero-order valence-corrected chi connectivity index (χ0v) is 14.8. The van der Waals surface area contributed by atoms with Crippen molar-refractivity contribution in [3.63, 3.8) is 0 Å². The van der Waals surface area contributed by atoms with Gasteiger partial charge in [-0.05, 0) is 48.5 Å². The van der Waals surface area contributed by atoms with Gasteiger partial charge in [0.05, 0.1) is 15.6 Å². The molecule has 0 saturated carbocycles. The van der Waals surface area contributed by atoms with Crippen molar-refractivity contribution in [3.8, 4) is 0 Å². The molecule has 2 aromatic heterocycles. The Hall–Kier alpha value is -2.27. The number of anilines is 2. The Balaban J connectivity index is 1.82. The highest BCUT2D eigenvalue weighted by molar-refractivity contribution is 6.42. The van der Waals surface area contributed by atoms with E-state index in [1.54, 1.807) is 6.07 Å². The molecule has 0 spiro atoms. The molecule has 0 fully saturated rings. The molecule has 0 aliphatic heterocycles. The van der Waals surface area contributed by atoms with Crippen molar-refractivity contribution in [3.05, 3.63) is 64.8 Å². The number of hydrogen-bond acceptors (Lipinski definition) is 3. The molecular formula is C19H16Cl2N4. The van der Waals surface area contributed by atoms with Crippen LogP contribution >= 0.6 is 23.2 Å². The first-order valence-electron chi connectivity index (χ1n) is 7.96. The van der Waals surface area contributed by atoms with Crippen LogP contribution in [0, 0.1) is 0 Å². The molecule has 0 radical (unpaired) electrons. The van der Waals surface area contributed by atoms with E-state index in [0.717, 1.165) is 39.9 Å². The highest BCUT2D eigenvalue weighted by Gasteiger charge is 2.11. The van der Waals surface area contributed by atoms with Gasteiger partial charge in [0.25, 0.3) is 0 Å². The van der Waals surface area contributed by atoms with Gasteiger partial charge in [0, 0.05) is 41.4 Å². The van der Waals surface area contributed by atoms with Crippen molar-refractivity contribution in [1.29, 1.82) is 0 Å². The van der Waals surface area contributed by atoms with Gasteiger partial charge >= 0.3 is 0 Å². The second-order valence-corrected chi connectivity index (χ2v) is 6.62. The quantitative estimate of drug-likeness (QED) is 0.519. The van der Waals surface area contributed by atoms with Gasteiger partial charge in [0.15, 0.2) is 0 Å². The normalized spacial score (nSPS) is 11.3. The number of rotatable bonds is 4. The predicted molar refractivity (Wildman–Crippen MR) is 106 cm³/mol. The number of nitrogens with zero attached hydrogens (tertiary/aromatic N) is 2. The average molecular weight is 371 g/mol. The summed E-state index contributed by atoms with van der Waals surface area (Å²) >= 11 is 12.1. The van der Waals surface area contributed by atoms with Crippen LogP contribution in [0.3, 0.4) is 0 Å². The third-order valence-corrected chi connectivity index (χ3v) is 4.92. The van der Waals surface area contributed by atoms with E-state index in [9.17, 15) is 0 Å². The fourth-order valence-corrected chi connectivity index (χ4v) is 3.40. The Morgan fingerprint density at radius 2 is 1.76 bits per heavy atom. The van der Waals surface area contributed by atoms with Crippen molar-refractivity contribution in [2.24, 2.45) is 5.73 Å². The first kappa shape index (κ1) is 16.2. The molecule has 0 saturated heterocycles. The van der Waals surface area contributed by atoms with Crippen molar-refractivity contribution >= 4 is 56.5 Å². The summed E-state index contributed by atoms with van der Waals surface area (Å²) in [6.07, 6.45) is 1.81. The summed E-state index contributed by atoms with van der Waals surface area (Å²) < 4.78 is 2.16. The molecule has 126 valence electrons. The highest BCUT2D eigenvalue weighted by atomic mass is 35.5. The fourth-order valence-electron chi connectivity index (χ4n) is 3.10. The number of benzene rings is 2. The van der Waals surface area contributed by atoms with Crippen molar-refractivity contribution in [1.82, 2.24) is 9.55 Å². The van der Waals surface area contributed by atoms with Crippen molar-refractivity contribution in [2.75, 3.05) is 11.9 Å². The molecule has 4 rings (SSSR count). The SMILES string of the molecule is NCCn1c2ccc(Nc3ccc(Cl)c(Cl)c3)cc2c2cccnc21. The molecule has 4 nitrogen and oxygen atoms in total. The highest BCUT2D eigenvalue weighted by Crippen LogP contribution is 2.32. The Morgan fingerprint density at radius 1 is 0.960 bits per heavy atom. The lowest BCUT2D eigenvalue weighted by Crippen LogP contribution is -2.09. The topological polar surface area (TPSA) is 55.9 Å². The molecule has 4 aromatic rings. The molecule has 2 aromatic carbocycles. The molecule has 6 heteroatoms. The summed E-state index contributed by atoms with van der Waals surface area (Å²) in [5, 5.41) is 6.69. The van der Waals surface area contributed by atoms with Crippen LogP contribution in [0.5, 0.6) is 0 Å². The summed E-state index contributed by atoms with van der Waals surface area (Å²) in [6, 6.07) is 15.8. The number of halogens is 2. The van der Waals surface area contributed by atoms with Gasteiger partial charge in [-0.1, -0.05) is 23.2 Å². The van der Waals surface area contributed by atoms with Gasteiger partial charge in [-0.3, -0.25) is 0 Å². The summed E-state index contributed by atoms with van der Waals surface area (Å²) in [5.74, 6) is 0. The third kappa shape index (κ3) is 2.93. The van der Waals surface area contributed by atoms with E-state index in [1.165, 1.54) is 0 Å². The Kier molecular flexibility index (Phi) is 4.25. The van der Waals surface area contributed by atoms with Crippen molar-refractivity contribution in [2.45, 2.75) is 6.54 Å². The maximum Gasteiger partial charge on any atom is 0.140 e. The van der Waals surface area contributed by atoms with Crippen molar-refractivity contribution < 1.29 is 0 Å². The molecule has 0 aliphatic rings. The van der Waals surface area contributed by atoms with E-state index >= 15 is 0 Å². The second-order valence-electron chi connectivity index (χ2n) is 5.80. The van der Waals surface area contributed by atoms with E-state index in [-0.39, 0.29) is 0 Å². The summed E-state index contributed by atoms with van der Waals surface area (Å²) in [7, 11) is 0. The van der Waals surface area contributed by atoms with Crippen LogP contribution in [-0.4, -0.2) is 16.1 Å². The number of hydrogen-bond donors (Lipinski definition) is 2. The second kappa shape index (κ2) is 6.56. The minimum Gasteiger partial charge on any atom is -0.355 e. The summed E-state index contributed by atoms with van der Waals surface area (Å²) in [6.45, 7) is 1.30. The molecule has 0 unspecified atom stereocenters. The van der Waals surface area contributed by atoms with Gasteiger partial charge in [0.2, 0.25) is 0 Å². The molecule has 3 N–H and O–H groups in total. The van der Waals surface area contributed by atoms with Gasteiger partial charge in [-0.25, -0.2) is 4.98 Å². The molecule has 0 atom stereocenters. The van der Waals surface area contributed by atoms with E-state index in [0.29, 0.717) is 16.6 Å². The van der Waals surface area contributed by atoms with Crippen LogP contribution in [0.1, 0.15) is 0 Å². The van der Waals surface area contributed by atoms with Crippen LogP contribution in [0.15, 0.2) is 54.7 Å². The number of pyridine rings is 1. The first-order valence-corrected chi connectivity index (χ1v) is 8.72. The summed E-state index contributed by atoms with van der Waals surface area (Å²) in [5.41, 5.74) is 9.71. The van der Waals surface area contributed by atoms with Crippen LogP contribution in [0.4, 0.5) is 11.4 Å². The lowest BCUT2D eigenvalue weighted by molar-refractivity contribution is 0.750. The molecular weight excluding hydrogens is 355 g/mol. The number of nitrogens with one attached hydrogen (secondary N) is 1. The van der Waals surface area contributed by atoms with Gasteiger partial charge in [0.1, 0.15) is 5.65 Å². The third-order valence-electron chi connectivity index (χ3n) is 4.18. The molecule has 2 heterocycles. The molecule has 25 heavy (non-hydrogen) atoms. The maximum absolute atomic E-state index is 6.10. The molecule has 0 amide bonds.